The van der Waals surface area contributed by atoms with Crippen molar-refractivity contribution < 1.29 is 14.7 Å². The van der Waals surface area contributed by atoms with Gasteiger partial charge in [0.1, 0.15) is 6.04 Å². The first-order valence-electron chi connectivity index (χ1n) is 8.62. The van der Waals surface area contributed by atoms with Crippen LogP contribution in [0.5, 0.6) is 0 Å². The molecule has 6 nitrogen and oxygen atoms in total. The predicted octanol–water partition coefficient (Wildman–Crippen LogP) is 2.44. The molecule has 5 N–H and O–H groups in total. The highest BCUT2D eigenvalue weighted by Crippen LogP contribution is 2.23. The third-order valence-electron chi connectivity index (χ3n) is 4.14. The molecule has 0 spiro atoms. The van der Waals surface area contributed by atoms with Crippen LogP contribution in [0.4, 0.5) is 5.69 Å². The summed E-state index contributed by atoms with van der Waals surface area (Å²) in [4.78, 5) is 24.0. The number of carbonyl (C=O) groups is 2. The number of fused-ring (bicyclic) bond motifs is 1. The zero-order valence-electron chi connectivity index (χ0n) is 15.1. The van der Waals surface area contributed by atoms with Crippen LogP contribution in [0, 0.1) is 0 Å². The van der Waals surface area contributed by atoms with Gasteiger partial charge in [-0.25, -0.2) is 4.79 Å². The highest BCUT2D eigenvalue weighted by atomic mass is 32.2. The predicted molar refractivity (Wildman–Crippen MR) is 116 cm³/mol. The standard InChI is InChI=1S/C19H25N3O3S2/c1-27-8-7-17(19(24)25)22-18(23)16-4-2-3-12-9-14(5-6-15(12)16)21-10-13(20)11-26/h2-6,9,13,17,21,26H,7-8,10-11,20H2,1H3,(H,22,23)(H,24,25)/t13-,17+/m1/s1. The maximum atomic E-state index is 12.7. The molecule has 0 aromatic heterocycles. The summed E-state index contributed by atoms with van der Waals surface area (Å²) in [6.07, 6.45) is 2.28. The van der Waals surface area contributed by atoms with E-state index in [9.17, 15) is 14.7 Å². The van der Waals surface area contributed by atoms with Crippen LogP contribution in [0.3, 0.4) is 0 Å². The van der Waals surface area contributed by atoms with Crippen LogP contribution in [-0.2, 0) is 4.79 Å². The van der Waals surface area contributed by atoms with Crippen LogP contribution in [0.15, 0.2) is 36.4 Å². The maximum absolute atomic E-state index is 12.7. The summed E-state index contributed by atoms with van der Waals surface area (Å²) in [5.74, 6) is -0.154. The lowest BCUT2D eigenvalue weighted by atomic mass is 10.0. The van der Waals surface area contributed by atoms with E-state index in [-0.39, 0.29) is 11.9 Å². The number of thioether (sulfide) groups is 1. The largest absolute Gasteiger partial charge is 0.480 e. The Morgan fingerprint density at radius 2 is 2.07 bits per heavy atom. The number of hydrogen-bond donors (Lipinski definition) is 5. The van der Waals surface area contributed by atoms with Crippen molar-refractivity contribution in [2.75, 3.05) is 29.6 Å². The highest BCUT2D eigenvalue weighted by Gasteiger charge is 2.21. The van der Waals surface area contributed by atoms with Gasteiger partial charge >= 0.3 is 5.97 Å². The van der Waals surface area contributed by atoms with Crippen molar-refractivity contribution in [1.82, 2.24) is 5.32 Å². The van der Waals surface area contributed by atoms with Crippen molar-refractivity contribution >= 4 is 52.7 Å². The Kier molecular flexibility index (Phi) is 8.27. The summed E-state index contributed by atoms with van der Waals surface area (Å²) >= 11 is 5.71. The number of hydrogen-bond acceptors (Lipinski definition) is 6. The van der Waals surface area contributed by atoms with Gasteiger partial charge in [0.25, 0.3) is 5.91 Å². The first-order chi connectivity index (χ1) is 13.0. The quantitative estimate of drug-likeness (QED) is 0.388. The topological polar surface area (TPSA) is 104 Å². The fraction of sp³-hybridized carbons (Fsp3) is 0.368. The van der Waals surface area contributed by atoms with Gasteiger partial charge in [-0.2, -0.15) is 24.4 Å². The molecule has 0 bridgehead atoms. The molecule has 0 aliphatic rings. The third kappa shape index (κ3) is 6.05. The Morgan fingerprint density at radius 1 is 1.30 bits per heavy atom. The lowest BCUT2D eigenvalue weighted by molar-refractivity contribution is -0.139. The van der Waals surface area contributed by atoms with Gasteiger partial charge in [0.05, 0.1) is 0 Å². The van der Waals surface area contributed by atoms with Crippen LogP contribution in [0.2, 0.25) is 0 Å². The Labute approximate surface area is 168 Å². The van der Waals surface area contributed by atoms with Crippen molar-refractivity contribution in [3.05, 3.63) is 42.0 Å². The first kappa shape index (κ1) is 21.4. The minimum atomic E-state index is -1.02. The third-order valence-corrected chi connectivity index (χ3v) is 5.25. The summed E-state index contributed by atoms with van der Waals surface area (Å²) in [6.45, 7) is 0.602. The van der Waals surface area contributed by atoms with Gasteiger partial charge in [-0.1, -0.05) is 18.2 Å². The summed E-state index contributed by atoms with van der Waals surface area (Å²) in [5, 5.41) is 16.9. The molecule has 8 heteroatoms. The molecule has 27 heavy (non-hydrogen) atoms. The molecule has 2 atom stereocenters. The lowest BCUT2D eigenvalue weighted by Gasteiger charge is -2.16. The van der Waals surface area contributed by atoms with E-state index in [1.807, 2.05) is 30.5 Å². The SMILES string of the molecule is CSCC[C@H](NC(=O)c1cccc2cc(NC[C@@H](N)CS)ccc12)C(=O)O. The average Bonchev–Trinajstić information content (AvgIpc) is 2.68. The van der Waals surface area contributed by atoms with E-state index in [0.29, 0.717) is 30.0 Å². The molecule has 0 fully saturated rings. The van der Waals surface area contributed by atoms with Gasteiger partial charge < -0.3 is 21.5 Å². The van der Waals surface area contributed by atoms with E-state index < -0.39 is 12.0 Å². The zero-order valence-corrected chi connectivity index (χ0v) is 16.9. The summed E-state index contributed by atoms with van der Waals surface area (Å²) < 4.78 is 0. The van der Waals surface area contributed by atoms with E-state index in [1.165, 1.54) is 0 Å². The number of amides is 1. The van der Waals surface area contributed by atoms with Crippen molar-refractivity contribution in [2.24, 2.45) is 5.73 Å². The normalized spacial score (nSPS) is 13.1. The second-order valence-electron chi connectivity index (χ2n) is 6.21. The number of nitrogens with two attached hydrogens (primary N) is 1. The second kappa shape index (κ2) is 10.4. The number of carbonyl (C=O) groups excluding carboxylic acids is 1. The van der Waals surface area contributed by atoms with Crippen LogP contribution in [0.1, 0.15) is 16.8 Å². The molecule has 0 saturated carbocycles. The number of carboxylic acids is 1. The second-order valence-corrected chi connectivity index (χ2v) is 7.56. The molecule has 0 aliphatic heterocycles. The molecular weight excluding hydrogens is 382 g/mol. The van der Waals surface area contributed by atoms with Gasteiger partial charge in [0.15, 0.2) is 0 Å². The maximum Gasteiger partial charge on any atom is 0.326 e. The van der Waals surface area contributed by atoms with Crippen LogP contribution in [-0.4, -0.2) is 53.4 Å². The van der Waals surface area contributed by atoms with Crippen LogP contribution < -0.4 is 16.4 Å². The number of nitrogens with one attached hydrogen (secondary N) is 2. The molecule has 0 radical (unpaired) electrons. The van der Waals surface area contributed by atoms with E-state index in [2.05, 4.69) is 23.3 Å². The van der Waals surface area contributed by atoms with E-state index >= 15 is 0 Å². The number of benzene rings is 2. The van der Waals surface area contributed by atoms with Crippen molar-refractivity contribution in [3.8, 4) is 0 Å². The summed E-state index contributed by atoms with van der Waals surface area (Å²) in [7, 11) is 0. The molecule has 0 aliphatic carbocycles. The Bertz CT molecular complexity index is 801. The first-order valence-corrected chi connectivity index (χ1v) is 10.6. The van der Waals surface area contributed by atoms with Gasteiger partial charge in [-0.15, -0.1) is 0 Å². The lowest BCUT2D eigenvalue weighted by Crippen LogP contribution is -2.41. The van der Waals surface area contributed by atoms with Crippen molar-refractivity contribution in [3.63, 3.8) is 0 Å². The molecule has 0 unspecified atom stereocenters. The van der Waals surface area contributed by atoms with Crippen LogP contribution in [0.25, 0.3) is 10.8 Å². The number of anilines is 1. The Balaban J connectivity index is 2.20. The average molecular weight is 408 g/mol. The number of thiol groups is 1. The monoisotopic (exact) mass is 407 g/mol. The highest BCUT2D eigenvalue weighted by molar-refractivity contribution is 7.98. The van der Waals surface area contributed by atoms with Crippen molar-refractivity contribution in [2.45, 2.75) is 18.5 Å². The molecule has 2 aromatic carbocycles. The molecule has 2 rings (SSSR count). The Morgan fingerprint density at radius 3 is 2.74 bits per heavy atom. The van der Waals surface area contributed by atoms with E-state index in [1.54, 1.807) is 23.9 Å². The molecule has 146 valence electrons. The minimum Gasteiger partial charge on any atom is -0.480 e. The smallest absolute Gasteiger partial charge is 0.326 e. The number of aliphatic carboxylic acids is 1. The number of carboxylic acid groups (broad SMARTS) is 1. The molecule has 0 saturated heterocycles. The molecule has 0 heterocycles. The summed E-state index contributed by atoms with van der Waals surface area (Å²) in [5.41, 5.74) is 7.22. The van der Waals surface area contributed by atoms with Gasteiger partial charge in [0, 0.05) is 29.6 Å². The summed E-state index contributed by atoms with van der Waals surface area (Å²) in [6, 6.07) is 10.1. The van der Waals surface area contributed by atoms with Crippen molar-refractivity contribution in [1.29, 1.82) is 0 Å². The van der Waals surface area contributed by atoms with Gasteiger partial charge in [-0.3, -0.25) is 4.79 Å². The molecular formula is C19H25N3O3S2. The van der Waals surface area contributed by atoms with Gasteiger partial charge in [-0.05, 0) is 47.4 Å². The molecule has 1 amide bonds. The van der Waals surface area contributed by atoms with Crippen LogP contribution >= 0.6 is 24.4 Å². The number of rotatable bonds is 10. The fourth-order valence-electron chi connectivity index (χ4n) is 2.63. The van der Waals surface area contributed by atoms with Gasteiger partial charge in [0.2, 0.25) is 0 Å². The fourth-order valence-corrected chi connectivity index (χ4v) is 3.23. The minimum absolute atomic E-state index is 0.0459. The Hall–Kier alpha value is -1.90. The zero-order chi connectivity index (χ0) is 19.8. The molecule has 2 aromatic rings. The van der Waals surface area contributed by atoms with E-state index in [4.69, 9.17) is 5.73 Å². The van der Waals surface area contributed by atoms with E-state index in [0.717, 1.165) is 16.5 Å².